The van der Waals surface area contributed by atoms with Gasteiger partial charge in [0, 0.05) is 29.4 Å². The number of ether oxygens (including phenoxy) is 1. The average Bonchev–Trinajstić information content (AvgIpc) is 2.85. The Labute approximate surface area is 215 Å². The quantitative estimate of drug-likeness (QED) is 0.463. The van der Waals surface area contributed by atoms with E-state index in [4.69, 9.17) is 16.3 Å². The van der Waals surface area contributed by atoms with Gasteiger partial charge in [-0.3, -0.25) is 9.52 Å². The van der Waals surface area contributed by atoms with Crippen molar-refractivity contribution < 1.29 is 26.4 Å². The Bertz CT molecular complexity index is 1490. The maximum atomic E-state index is 13.0. The molecule has 0 atom stereocenters. The molecular formula is C24H24ClN3O6S2. The predicted molar refractivity (Wildman–Crippen MR) is 137 cm³/mol. The van der Waals surface area contributed by atoms with Crippen molar-refractivity contribution >= 4 is 48.9 Å². The number of benzene rings is 3. The van der Waals surface area contributed by atoms with Gasteiger partial charge in [-0.05, 0) is 67.1 Å². The van der Waals surface area contributed by atoms with Crippen molar-refractivity contribution in [1.82, 2.24) is 4.31 Å². The molecule has 0 aromatic heterocycles. The first-order valence-corrected chi connectivity index (χ1v) is 14.2. The van der Waals surface area contributed by atoms with Crippen LogP contribution in [0.3, 0.4) is 0 Å². The second kappa shape index (κ2) is 10.6. The standard InChI is InChI=1S/C24H24ClN3O6S2/c1-17-5-8-22(36(32,33)28-11-13-34-14-12-28)16-23(17)24(29)26-19-6-9-21(10-7-19)35(30,31)27-20-4-2-3-18(25)15-20/h2-10,15-16,27H,11-14H2,1H3,(H,26,29). The van der Waals surface area contributed by atoms with Crippen molar-refractivity contribution in [2.75, 3.05) is 36.3 Å². The molecule has 0 bridgehead atoms. The first kappa shape index (κ1) is 26.1. The maximum absolute atomic E-state index is 13.0. The van der Waals surface area contributed by atoms with E-state index < -0.39 is 26.0 Å². The third kappa shape index (κ3) is 5.88. The molecule has 4 rings (SSSR count). The molecule has 3 aromatic carbocycles. The fourth-order valence-electron chi connectivity index (χ4n) is 3.62. The number of aryl methyl sites for hydroxylation is 1. The maximum Gasteiger partial charge on any atom is 0.261 e. The summed E-state index contributed by atoms with van der Waals surface area (Å²) >= 11 is 5.91. The molecule has 0 saturated carbocycles. The highest BCUT2D eigenvalue weighted by atomic mass is 35.5. The van der Waals surface area contributed by atoms with Crippen molar-refractivity contribution in [1.29, 1.82) is 0 Å². The molecule has 1 amide bonds. The zero-order valence-corrected chi connectivity index (χ0v) is 21.7. The fraction of sp³-hybridized carbons (Fsp3) is 0.208. The van der Waals surface area contributed by atoms with E-state index in [1.165, 1.54) is 46.8 Å². The van der Waals surface area contributed by atoms with E-state index in [2.05, 4.69) is 10.0 Å². The molecule has 1 fully saturated rings. The molecule has 0 spiro atoms. The van der Waals surface area contributed by atoms with E-state index in [0.29, 0.717) is 35.2 Å². The molecule has 190 valence electrons. The summed E-state index contributed by atoms with van der Waals surface area (Å²) in [5.74, 6) is -0.515. The number of sulfonamides is 2. The Morgan fingerprint density at radius 3 is 2.22 bits per heavy atom. The summed E-state index contributed by atoms with van der Waals surface area (Å²) in [6.45, 7) is 2.84. The highest BCUT2D eigenvalue weighted by Crippen LogP contribution is 2.23. The molecule has 0 radical (unpaired) electrons. The van der Waals surface area contributed by atoms with Gasteiger partial charge in [0.15, 0.2) is 0 Å². The molecule has 12 heteroatoms. The SMILES string of the molecule is Cc1ccc(S(=O)(=O)N2CCOCC2)cc1C(=O)Nc1ccc(S(=O)(=O)Nc2cccc(Cl)c2)cc1. The van der Waals surface area contributed by atoms with Crippen LogP contribution in [0.15, 0.2) is 76.5 Å². The molecule has 1 heterocycles. The Morgan fingerprint density at radius 2 is 1.56 bits per heavy atom. The minimum Gasteiger partial charge on any atom is -0.379 e. The van der Waals surface area contributed by atoms with Gasteiger partial charge in [0.2, 0.25) is 10.0 Å². The van der Waals surface area contributed by atoms with Gasteiger partial charge in [-0.1, -0.05) is 23.7 Å². The van der Waals surface area contributed by atoms with E-state index in [1.54, 1.807) is 31.2 Å². The van der Waals surface area contributed by atoms with Gasteiger partial charge in [-0.25, -0.2) is 16.8 Å². The van der Waals surface area contributed by atoms with Crippen molar-refractivity contribution in [3.05, 3.63) is 82.9 Å². The van der Waals surface area contributed by atoms with E-state index in [-0.39, 0.29) is 28.4 Å². The van der Waals surface area contributed by atoms with Crippen molar-refractivity contribution in [3.63, 3.8) is 0 Å². The van der Waals surface area contributed by atoms with Gasteiger partial charge < -0.3 is 10.1 Å². The van der Waals surface area contributed by atoms with Crippen LogP contribution in [0, 0.1) is 6.92 Å². The van der Waals surface area contributed by atoms with E-state index in [0.717, 1.165) is 0 Å². The molecule has 2 N–H and O–H groups in total. The summed E-state index contributed by atoms with van der Waals surface area (Å²) in [7, 11) is -7.64. The van der Waals surface area contributed by atoms with Crippen molar-refractivity contribution in [3.8, 4) is 0 Å². The monoisotopic (exact) mass is 549 g/mol. The lowest BCUT2D eigenvalue weighted by molar-refractivity contribution is 0.0730. The Kier molecular flexibility index (Phi) is 7.67. The number of morpholine rings is 1. The number of amides is 1. The topological polar surface area (TPSA) is 122 Å². The van der Waals surface area contributed by atoms with Crippen LogP contribution < -0.4 is 10.0 Å². The number of anilines is 2. The average molecular weight is 550 g/mol. The Morgan fingerprint density at radius 1 is 0.889 bits per heavy atom. The van der Waals surface area contributed by atoms with Crippen molar-refractivity contribution in [2.24, 2.45) is 0 Å². The first-order chi connectivity index (χ1) is 17.1. The molecule has 1 aliphatic heterocycles. The summed E-state index contributed by atoms with van der Waals surface area (Å²) in [5, 5.41) is 3.09. The number of hydrogen-bond donors (Lipinski definition) is 2. The van der Waals surface area contributed by atoms with Gasteiger partial charge in [0.05, 0.1) is 28.7 Å². The zero-order chi connectivity index (χ0) is 25.9. The summed E-state index contributed by atoms with van der Waals surface area (Å²) in [5.41, 5.74) is 1.46. The molecule has 1 saturated heterocycles. The van der Waals surface area contributed by atoms with Gasteiger partial charge in [-0.15, -0.1) is 0 Å². The second-order valence-corrected chi connectivity index (χ2v) is 12.1. The first-order valence-electron chi connectivity index (χ1n) is 10.9. The minimum atomic E-state index is -3.87. The van der Waals surface area contributed by atoms with Crippen LogP contribution in [-0.2, 0) is 24.8 Å². The van der Waals surface area contributed by atoms with Crippen LogP contribution in [-0.4, -0.2) is 53.4 Å². The number of carbonyl (C=O) groups is 1. The highest BCUT2D eigenvalue weighted by Gasteiger charge is 2.27. The van der Waals surface area contributed by atoms with E-state index >= 15 is 0 Å². The molecular weight excluding hydrogens is 526 g/mol. The van der Waals surface area contributed by atoms with Crippen LogP contribution >= 0.6 is 11.6 Å². The second-order valence-electron chi connectivity index (χ2n) is 8.09. The molecule has 3 aromatic rings. The van der Waals surface area contributed by atoms with E-state index in [9.17, 15) is 21.6 Å². The largest absolute Gasteiger partial charge is 0.379 e. The number of nitrogens with one attached hydrogen (secondary N) is 2. The van der Waals surface area contributed by atoms with Crippen molar-refractivity contribution in [2.45, 2.75) is 16.7 Å². The number of rotatable bonds is 7. The lowest BCUT2D eigenvalue weighted by Gasteiger charge is -2.26. The van der Waals surface area contributed by atoms with Gasteiger partial charge in [0.1, 0.15) is 0 Å². The number of carbonyl (C=O) groups excluding carboxylic acids is 1. The van der Waals surface area contributed by atoms with E-state index in [1.807, 2.05) is 0 Å². The minimum absolute atomic E-state index is 0.00439. The number of nitrogens with zero attached hydrogens (tertiary/aromatic N) is 1. The Hall–Kier alpha value is -2.96. The van der Waals surface area contributed by atoms with Crippen LogP contribution in [0.4, 0.5) is 11.4 Å². The molecule has 36 heavy (non-hydrogen) atoms. The van der Waals surface area contributed by atoms with Gasteiger partial charge in [-0.2, -0.15) is 4.31 Å². The predicted octanol–water partition coefficient (Wildman–Crippen LogP) is 3.72. The third-order valence-electron chi connectivity index (χ3n) is 5.56. The van der Waals surface area contributed by atoms with Crippen LogP contribution in [0.25, 0.3) is 0 Å². The zero-order valence-electron chi connectivity index (χ0n) is 19.3. The van der Waals surface area contributed by atoms with Crippen LogP contribution in [0.1, 0.15) is 15.9 Å². The summed E-state index contributed by atoms with van der Waals surface area (Å²) in [4.78, 5) is 13.0. The Balaban J connectivity index is 1.50. The van der Waals surface area contributed by atoms with Gasteiger partial charge >= 0.3 is 0 Å². The lowest BCUT2D eigenvalue weighted by atomic mass is 10.1. The van der Waals surface area contributed by atoms with Crippen LogP contribution in [0.2, 0.25) is 5.02 Å². The summed E-state index contributed by atoms with van der Waals surface area (Å²) in [6, 6.07) is 16.4. The molecule has 1 aliphatic rings. The summed E-state index contributed by atoms with van der Waals surface area (Å²) in [6.07, 6.45) is 0. The normalized spacial score (nSPS) is 14.8. The fourth-order valence-corrected chi connectivity index (χ4v) is 6.30. The number of hydrogen-bond acceptors (Lipinski definition) is 6. The van der Waals surface area contributed by atoms with Gasteiger partial charge in [0.25, 0.3) is 15.9 Å². The molecule has 9 nitrogen and oxygen atoms in total. The summed E-state index contributed by atoms with van der Waals surface area (Å²) < 4.78 is 60.3. The smallest absolute Gasteiger partial charge is 0.261 e. The highest BCUT2D eigenvalue weighted by molar-refractivity contribution is 7.92. The third-order valence-corrected chi connectivity index (χ3v) is 9.09. The van der Waals surface area contributed by atoms with Crippen LogP contribution in [0.5, 0.6) is 0 Å². The lowest BCUT2D eigenvalue weighted by Crippen LogP contribution is -2.40. The number of halogens is 1. The molecule has 0 aliphatic carbocycles. The molecule has 0 unspecified atom stereocenters.